The lowest BCUT2D eigenvalue weighted by Gasteiger charge is -2.16. The van der Waals surface area contributed by atoms with E-state index in [1.807, 2.05) is 78.9 Å². The van der Waals surface area contributed by atoms with Crippen molar-refractivity contribution in [3.05, 3.63) is 200 Å². The van der Waals surface area contributed by atoms with E-state index in [0.717, 1.165) is 49.7 Å². The monoisotopic (exact) mass is 736 g/mol. The maximum absolute atomic E-state index is 9.52. The molecule has 9 aromatic carbocycles. The molecule has 10 aromatic rings. The molecule has 0 aliphatic heterocycles. The molecule has 268 valence electrons. The van der Waals surface area contributed by atoms with Crippen LogP contribution in [0.25, 0.3) is 111 Å². The Morgan fingerprint density at radius 1 is 0.293 bits per heavy atom. The summed E-state index contributed by atoms with van der Waals surface area (Å²) in [5.74, 6) is 1.90. The second-order valence-electron chi connectivity index (χ2n) is 14.7. The zero-order valence-electron chi connectivity index (χ0n) is 31.3. The fourth-order valence-electron chi connectivity index (χ4n) is 8.50. The molecule has 1 heterocycles. The number of aromatic nitrogens is 3. The van der Waals surface area contributed by atoms with Crippen LogP contribution in [-0.4, -0.2) is 15.0 Å². The third kappa shape index (κ3) is 5.65. The molecule has 0 spiro atoms. The Morgan fingerprint density at radius 3 is 1.33 bits per heavy atom. The third-order valence-corrected chi connectivity index (χ3v) is 11.3. The van der Waals surface area contributed by atoms with Gasteiger partial charge in [-0.05, 0) is 108 Å². The van der Waals surface area contributed by atoms with E-state index in [9.17, 15) is 5.26 Å². The molecule has 1 aliphatic rings. The molecular weight excluding hydrogens is 705 g/mol. The Bertz CT molecular complexity index is 3200. The molecule has 0 atom stereocenters. The van der Waals surface area contributed by atoms with Crippen LogP contribution in [0, 0.1) is 11.3 Å². The van der Waals surface area contributed by atoms with Crippen LogP contribution in [0.15, 0.2) is 194 Å². The molecule has 4 nitrogen and oxygen atoms in total. The van der Waals surface area contributed by atoms with Crippen molar-refractivity contribution < 1.29 is 0 Å². The number of nitrogens with zero attached hydrogens (tertiary/aromatic N) is 4. The van der Waals surface area contributed by atoms with Gasteiger partial charge < -0.3 is 0 Å². The fraction of sp³-hybridized carbons (Fsp3) is 0. The van der Waals surface area contributed by atoms with Crippen LogP contribution >= 0.6 is 0 Å². The summed E-state index contributed by atoms with van der Waals surface area (Å²) in [5.41, 5.74) is 15.3. The van der Waals surface area contributed by atoms with E-state index in [1.54, 1.807) is 0 Å². The topological polar surface area (TPSA) is 62.5 Å². The molecule has 4 heteroatoms. The van der Waals surface area contributed by atoms with Gasteiger partial charge in [-0.2, -0.15) is 5.26 Å². The van der Waals surface area contributed by atoms with Gasteiger partial charge in [0.05, 0.1) is 11.6 Å². The van der Waals surface area contributed by atoms with E-state index < -0.39 is 0 Å². The van der Waals surface area contributed by atoms with Crippen LogP contribution < -0.4 is 0 Å². The quantitative estimate of drug-likeness (QED) is 0.170. The highest BCUT2D eigenvalue weighted by molar-refractivity contribution is 6.22. The van der Waals surface area contributed by atoms with E-state index in [2.05, 4.69) is 121 Å². The molecule has 0 radical (unpaired) electrons. The van der Waals surface area contributed by atoms with E-state index >= 15 is 0 Å². The minimum Gasteiger partial charge on any atom is -0.208 e. The van der Waals surface area contributed by atoms with Crippen molar-refractivity contribution in [3.8, 4) is 95.9 Å². The molecule has 0 saturated heterocycles. The highest BCUT2D eigenvalue weighted by atomic mass is 15.0. The molecule has 58 heavy (non-hydrogen) atoms. The van der Waals surface area contributed by atoms with Crippen molar-refractivity contribution in [3.63, 3.8) is 0 Å². The van der Waals surface area contributed by atoms with Crippen LogP contribution in [0.2, 0.25) is 0 Å². The zero-order valence-corrected chi connectivity index (χ0v) is 31.3. The lowest BCUT2D eigenvalue weighted by Crippen LogP contribution is -2.00. The maximum Gasteiger partial charge on any atom is 0.164 e. The first-order valence-corrected chi connectivity index (χ1v) is 19.4. The largest absolute Gasteiger partial charge is 0.208 e. The van der Waals surface area contributed by atoms with E-state index in [1.165, 1.54) is 44.2 Å². The highest BCUT2D eigenvalue weighted by Crippen LogP contribution is 2.52. The first-order chi connectivity index (χ1) is 28.7. The Hall–Kier alpha value is -8.00. The van der Waals surface area contributed by atoms with Crippen LogP contribution in [-0.2, 0) is 0 Å². The van der Waals surface area contributed by atoms with E-state index in [-0.39, 0.29) is 0 Å². The van der Waals surface area contributed by atoms with Crippen LogP contribution in [0.3, 0.4) is 0 Å². The van der Waals surface area contributed by atoms with Crippen molar-refractivity contribution in [2.45, 2.75) is 0 Å². The Morgan fingerprint density at radius 2 is 0.724 bits per heavy atom. The van der Waals surface area contributed by atoms with Gasteiger partial charge in [0, 0.05) is 16.7 Å². The minimum absolute atomic E-state index is 0.627. The number of hydrogen-bond acceptors (Lipinski definition) is 4. The number of hydrogen-bond donors (Lipinski definition) is 0. The van der Waals surface area contributed by atoms with Gasteiger partial charge >= 0.3 is 0 Å². The second kappa shape index (κ2) is 13.6. The molecule has 0 fully saturated rings. The minimum atomic E-state index is 0.627. The third-order valence-electron chi connectivity index (χ3n) is 11.3. The molecule has 1 aromatic heterocycles. The predicted octanol–water partition coefficient (Wildman–Crippen LogP) is 13.7. The highest BCUT2D eigenvalue weighted by Gasteiger charge is 2.25. The van der Waals surface area contributed by atoms with Gasteiger partial charge in [0.1, 0.15) is 0 Å². The van der Waals surface area contributed by atoms with Crippen molar-refractivity contribution in [1.82, 2.24) is 15.0 Å². The number of nitriles is 1. The smallest absolute Gasteiger partial charge is 0.164 e. The molecule has 0 unspecified atom stereocenters. The molecule has 0 N–H and O–H groups in total. The molecule has 1 aliphatic carbocycles. The zero-order chi connectivity index (χ0) is 38.6. The molecule has 0 bridgehead atoms. The van der Waals surface area contributed by atoms with Gasteiger partial charge in [-0.25, -0.2) is 15.0 Å². The lowest BCUT2D eigenvalue weighted by atomic mass is 9.87. The molecule has 0 amide bonds. The van der Waals surface area contributed by atoms with Gasteiger partial charge in [0.15, 0.2) is 17.5 Å². The first kappa shape index (κ1) is 33.3. The summed E-state index contributed by atoms with van der Waals surface area (Å²) < 4.78 is 0. The number of fused-ring (bicyclic) bond motifs is 4. The van der Waals surface area contributed by atoms with Crippen molar-refractivity contribution >= 4 is 21.5 Å². The number of rotatable bonds is 6. The molecule has 0 saturated carbocycles. The Kier molecular flexibility index (Phi) is 7.84. The SMILES string of the molecule is N#Cc1ccc2cc(-c3ccc4c5c(ccc(-c6cccc(-c7cccc(-c8nc(-c9ccccc9)nc(-c9ccccc9)n8)c7)c6)c35)-c3ccccc3-4)ccc2c1. The summed E-state index contributed by atoms with van der Waals surface area (Å²) in [6.45, 7) is 0. The Labute approximate surface area is 336 Å². The molecular formula is C54H32N4. The van der Waals surface area contributed by atoms with Crippen LogP contribution in [0.5, 0.6) is 0 Å². The summed E-state index contributed by atoms with van der Waals surface area (Å²) in [6, 6.07) is 70.2. The predicted molar refractivity (Wildman–Crippen MR) is 237 cm³/mol. The summed E-state index contributed by atoms with van der Waals surface area (Å²) in [7, 11) is 0. The van der Waals surface area contributed by atoms with Crippen molar-refractivity contribution in [2.24, 2.45) is 0 Å². The fourth-order valence-corrected chi connectivity index (χ4v) is 8.50. The van der Waals surface area contributed by atoms with Gasteiger partial charge in [0.25, 0.3) is 0 Å². The van der Waals surface area contributed by atoms with Crippen LogP contribution in [0.1, 0.15) is 5.56 Å². The second-order valence-corrected chi connectivity index (χ2v) is 14.7. The molecule has 11 rings (SSSR count). The summed E-state index contributed by atoms with van der Waals surface area (Å²) in [5, 5.41) is 14.2. The summed E-state index contributed by atoms with van der Waals surface area (Å²) >= 11 is 0. The van der Waals surface area contributed by atoms with E-state index in [0.29, 0.717) is 23.0 Å². The van der Waals surface area contributed by atoms with Gasteiger partial charge in [0.2, 0.25) is 0 Å². The number of benzene rings is 9. The Balaban J connectivity index is 1.06. The summed E-state index contributed by atoms with van der Waals surface area (Å²) in [4.78, 5) is 14.9. The van der Waals surface area contributed by atoms with Crippen LogP contribution in [0.4, 0.5) is 0 Å². The normalized spacial score (nSPS) is 11.4. The van der Waals surface area contributed by atoms with Gasteiger partial charge in [-0.15, -0.1) is 0 Å². The van der Waals surface area contributed by atoms with E-state index in [4.69, 9.17) is 15.0 Å². The van der Waals surface area contributed by atoms with Crippen molar-refractivity contribution in [1.29, 1.82) is 5.26 Å². The first-order valence-electron chi connectivity index (χ1n) is 19.4. The average molecular weight is 737 g/mol. The average Bonchev–Trinajstić information content (AvgIpc) is 3.63. The maximum atomic E-state index is 9.52. The lowest BCUT2D eigenvalue weighted by molar-refractivity contribution is 1.07. The van der Waals surface area contributed by atoms with Gasteiger partial charge in [-0.3, -0.25) is 0 Å². The van der Waals surface area contributed by atoms with Crippen molar-refractivity contribution in [2.75, 3.05) is 0 Å². The van der Waals surface area contributed by atoms with Gasteiger partial charge in [-0.1, -0.05) is 164 Å². The summed E-state index contributed by atoms with van der Waals surface area (Å²) in [6.07, 6.45) is 0. The standard InChI is InChI=1S/C54H32N4/c55-33-34-21-22-40-31-42(24-23-39(40)29-34)45-26-28-49-47-20-8-7-19-46(47)48-27-25-44(50(45)51(48)49)41-17-9-15-37(30-41)38-16-10-18-43(32-38)54-57-52(35-11-3-1-4-12-35)56-53(58-54)36-13-5-2-6-14-36/h1-32H.